The van der Waals surface area contributed by atoms with Gasteiger partial charge in [0.1, 0.15) is 6.29 Å². The van der Waals surface area contributed by atoms with Gasteiger partial charge in [-0.3, -0.25) is 0 Å². The maximum Gasteiger partial charge on any atom is 0.120 e. The average Bonchev–Trinajstić information content (AvgIpc) is 2.14. The molecule has 0 spiro atoms. The number of hydrogen-bond donors (Lipinski definition) is 0. The first kappa shape index (κ1) is 11.0. The Morgan fingerprint density at radius 1 is 1.07 bits per heavy atom. The van der Waals surface area contributed by atoms with Crippen LogP contribution in [-0.2, 0) is 11.2 Å². The Balaban J connectivity index is 2.76. The molecule has 0 aliphatic carbocycles. The number of carbonyl (C=O) groups excluding carboxylic acids is 1. The molecule has 0 radical (unpaired) electrons. The van der Waals surface area contributed by atoms with Gasteiger partial charge in [0.2, 0.25) is 0 Å². The Kier molecular flexibility index (Phi) is 3.87. The molecule has 1 heteroatoms. The topological polar surface area (TPSA) is 17.1 Å². The van der Waals surface area contributed by atoms with Crippen LogP contribution in [-0.4, -0.2) is 6.29 Å². The summed E-state index contributed by atoms with van der Waals surface area (Å²) in [5.41, 5.74) is 5.42. The third kappa shape index (κ3) is 2.69. The Morgan fingerprint density at radius 3 is 2.36 bits per heavy atom. The molecule has 0 aromatic heterocycles. The lowest BCUT2D eigenvalue weighted by molar-refractivity contribution is -0.107. The van der Waals surface area contributed by atoms with Crippen molar-refractivity contribution in [1.29, 1.82) is 0 Å². The van der Waals surface area contributed by atoms with Crippen molar-refractivity contribution in [3.63, 3.8) is 0 Å². The van der Waals surface area contributed by atoms with Crippen LogP contribution in [0, 0.1) is 20.8 Å². The van der Waals surface area contributed by atoms with E-state index in [1.807, 2.05) is 0 Å². The fourth-order valence-electron chi connectivity index (χ4n) is 1.67. The lowest BCUT2D eigenvalue weighted by Gasteiger charge is -2.08. The number of aldehydes is 1. The van der Waals surface area contributed by atoms with Crippen molar-refractivity contribution >= 4 is 6.29 Å². The van der Waals surface area contributed by atoms with Crippen molar-refractivity contribution < 1.29 is 4.79 Å². The Morgan fingerprint density at radius 2 is 1.71 bits per heavy atom. The van der Waals surface area contributed by atoms with Crippen molar-refractivity contribution in [2.24, 2.45) is 0 Å². The van der Waals surface area contributed by atoms with E-state index in [0.29, 0.717) is 6.42 Å². The zero-order valence-corrected chi connectivity index (χ0v) is 9.26. The molecular weight excluding hydrogens is 172 g/mol. The smallest absolute Gasteiger partial charge is 0.120 e. The molecule has 0 aliphatic rings. The minimum absolute atomic E-state index is 0.673. The second-order valence-corrected chi connectivity index (χ2v) is 3.92. The number of hydrogen-bond acceptors (Lipinski definition) is 1. The summed E-state index contributed by atoms with van der Waals surface area (Å²) < 4.78 is 0. The predicted octanol–water partition coefficient (Wildman–Crippen LogP) is 3.13. The highest BCUT2D eigenvalue weighted by atomic mass is 16.1. The molecule has 0 saturated carbocycles. The largest absolute Gasteiger partial charge is 0.303 e. The van der Waals surface area contributed by atoms with Gasteiger partial charge >= 0.3 is 0 Å². The van der Waals surface area contributed by atoms with E-state index in [1.165, 1.54) is 22.3 Å². The molecule has 0 amide bonds. The van der Waals surface area contributed by atoms with Crippen molar-refractivity contribution in [2.75, 3.05) is 0 Å². The summed E-state index contributed by atoms with van der Waals surface area (Å²) in [6.07, 6.45) is 3.65. The van der Waals surface area contributed by atoms with E-state index in [0.717, 1.165) is 19.1 Å². The highest BCUT2D eigenvalue weighted by Gasteiger charge is 2.01. The summed E-state index contributed by atoms with van der Waals surface area (Å²) in [5.74, 6) is 0. The summed E-state index contributed by atoms with van der Waals surface area (Å²) in [4.78, 5) is 10.2. The van der Waals surface area contributed by atoms with E-state index < -0.39 is 0 Å². The third-order valence-electron chi connectivity index (χ3n) is 2.72. The van der Waals surface area contributed by atoms with E-state index >= 15 is 0 Å². The van der Waals surface area contributed by atoms with Gasteiger partial charge in [-0.25, -0.2) is 0 Å². The van der Waals surface area contributed by atoms with E-state index in [-0.39, 0.29) is 0 Å². The Bertz CT molecular complexity index is 326. The second kappa shape index (κ2) is 4.94. The Labute approximate surface area is 86.1 Å². The standard InChI is InChI=1S/C13H18O/c1-10-8-12(3)13(9-11(10)2)6-4-5-7-14/h7-9H,4-6H2,1-3H3. The van der Waals surface area contributed by atoms with E-state index in [9.17, 15) is 4.79 Å². The first-order valence-electron chi connectivity index (χ1n) is 5.15. The molecule has 0 atom stereocenters. The van der Waals surface area contributed by atoms with Gasteiger partial charge in [0.05, 0.1) is 0 Å². The van der Waals surface area contributed by atoms with Gasteiger partial charge in [-0.05, 0) is 55.9 Å². The zero-order chi connectivity index (χ0) is 10.6. The SMILES string of the molecule is Cc1cc(C)c(CCCC=O)cc1C. The zero-order valence-electron chi connectivity index (χ0n) is 9.26. The molecule has 0 heterocycles. The van der Waals surface area contributed by atoms with Crippen LogP contribution in [0.15, 0.2) is 12.1 Å². The maximum atomic E-state index is 10.2. The van der Waals surface area contributed by atoms with E-state index in [2.05, 4.69) is 32.9 Å². The minimum atomic E-state index is 0.673. The summed E-state index contributed by atoms with van der Waals surface area (Å²) in [6, 6.07) is 4.47. The van der Waals surface area contributed by atoms with E-state index in [4.69, 9.17) is 0 Å². The molecule has 0 unspecified atom stereocenters. The summed E-state index contributed by atoms with van der Waals surface area (Å²) in [6.45, 7) is 6.41. The van der Waals surface area contributed by atoms with Gasteiger partial charge in [0.15, 0.2) is 0 Å². The molecule has 0 fully saturated rings. The molecule has 0 aliphatic heterocycles. The molecule has 1 aromatic carbocycles. The number of carbonyl (C=O) groups is 1. The van der Waals surface area contributed by atoms with E-state index in [1.54, 1.807) is 0 Å². The van der Waals surface area contributed by atoms with Gasteiger partial charge in [-0.2, -0.15) is 0 Å². The lowest BCUT2D eigenvalue weighted by Crippen LogP contribution is -1.93. The molecule has 1 nitrogen and oxygen atoms in total. The van der Waals surface area contributed by atoms with Gasteiger partial charge < -0.3 is 4.79 Å². The van der Waals surface area contributed by atoms with Gasteiger partial charge in [0.25, 0.3) is 0 Å². The average molecular weight is 190 g/mol. The quantitative estimate of drug-likeness (QED) is 0.526. The second-order valence-electron chi connectivity index (χ2n) is 3.92. The molecule has 0 saturated heterocycles. The highest BCUT2D eigenvalue weighted by Crippen LogP contribution is 2.16. The third-order valence-corrected chi connectivity index (χ3v) is 2.72. The van der Waals surface area contributed by atoms with Crippen LogP contribution in [0.3, 0.4) is 0 Å². The van der Waals surface area contributed by atoms with Crippen molar-refractivity contribution in [2.45, 2.75) is 40.0 Å². The Hall–Kier alpha value is -1.11. The van der Waals surface area contributed by atoms with Crippen LogP contribution in [0.5, 0.6) is 0 Å². The molecule has 76 valence electrons. The molecule has 1 rings (SSSR count). The van der Waals surface area contributed by atoms with Gasteiger partial charge in [0, 0.05) is 6.42 Å². The van der Waals surface area contributed by atoms with Crippen molar-refractivity contribution in [1.82, 2.24) is 0 Å². The molecule has 0 N–H and O–H groups in total. The fraction of sp³-hybridized carbons (Fsp3) is 0.462. The van der Waals surface area contributed by atoms with Crippen LogP contribution in [0.1, 0.15) is 35.1 Å². The monoisotopic (exact) mass is 190 g/mol. The number of rotatable bonds is 4. The molecular formula is C13H18O. The number of unbranched alkanes of at least 4 members (excludes halogenated alkanes) is 1. The predicted molar refractivity (Wildman–Crippen MR) is 59.7 cm³/mol. The number of benzene rings is 1. The normalized spacial score (nSPS) is 10.2. The first-order chi connectivity index (χ1) is 6.65. The van der Waals surface area contributed by atoms with Crippen LogP contribution in [0.4, 0.5) is 0 Å². The maximum absolute atomic E-state index is 10.2. The molecule has 0 bridgehead atoms. The molecule has 14 heavy (non-hydrogen) atoms. The van der Waals surface area contributed by atoms with Crippen molar-refractivity contribution in [3.8, 4) is 0 Å². The highest BCUT2D eigenvalue weighted by molar-refractivity contribution is 5.49. The van der Waals surface area contributed by atoms with Crippen LogP contribution in [0.2, 0.25) is 0 Å². The molecule has 1 aromatic rings. The summed E-state index contributed by atoms with van der Waals surface area (Å²) >= 11 is 0. The van der Waals surface area contributed by atoms with Crippen LogP contribution < -0.4 is 0 Å². The number of aryl methyl sites for hydroxylation is 4. The summed E-state index contributed by atoms with van der Waals surface area (Å²) in [5, 5.41) is 0. The fourth-order valence-corrected chi connectivity index (χ4v) is 1.67. The minimum Gasteiger partial charge on any atom is -0.303 e. The lowest BCUT2D eigenvalue weighted by atomic mass is 9.97. The van der Waals surface area contributed by atoms with Crippen LogP contribution in [0.25, 0.3) is 0 Å². The van der Waals surface area contributed by atoms with Gasteiger partial charge in [-0.1, -0.05) is 12.1 Å². The van der Waals surface area contributed by atoms with Gasteiger partial charge in [-0.15, -0.1) is 0 Å². The van der Waals surface area contributed by atoms with Crippen LogP contribution >= 0.6 is 0 Å². The first-order valence-corrected chi connectivity index (χ1v) is 5.15. The van der Waals surface area contributed by atoms with Crippen molar-refractivity contribution in [3.05, 3.63) is 34.4 Å². The summed E-state index contributed by atoms with van der Waals surface area (Å²) in [7, 11) is 0.